The van der Waals surface area contributed by atoms with Gasteiger partial charge in [0.05, 0.1) is 12.8 Å². The van der Waals surface area contributed by atoms with Crippen LogP contribution in [0.15, 0.2) is 21.6 Å². The number of ether oxygens (including phenoxy) is 1. The molecule has 0 atom stereocenters. The highest BCUT2D eigenvalue weighted by Gasteiger charge is 1.93. The molecule has 0 aliphatic heterocycles. The summed E-state index contributed by atoms with van der Waals surface area (Å²) >= 11 is 0. The largest absolute Gasteiger partial charge is 0.480 e. The van der Waals surface area contributed by atoms with E-state index in [1.165, 1.54) is 7.11 Å². The maximum atomic E-state index is 4.77. The minimum Gasteiger partial charge on any atom is -0.480 e. The van der Waals surface area contributed by atoms with Crippen molar-refractivity contribution in [2.24, 2.45) is 9.98 Å². The van der Waals surface area contributed by atoms with Crippen molar-refractivity contribution in [1.29, 1.82) is 0 Å². The molecule has 0 aromatic carbocycles. The molecule has 0 aliphatic rings. The lowest BCUT2D eigenvalue weighted by molar-refractivity contribution is 0.284. The summed E-state index contributed by atoms with van der Waals surface area (Å²) in [5.41, 5.74) is 0.646. The molecule has 0 N–H and O–H groups in total. The maximum Gasteiger partial charge on any atom is 0.234 e. The van der Waals surface area contributed by atoms with Crippen LogP contribution < -0.4 is 0 Å². The lowest BCUT2D eigenvalue weighted by Crippen LogP contribution is -1.84. The van der Waals surface area contributed by atoms with E-state index >= 15 is 0 Å². The van der Waals surface area contributed by atoms with Crippen molar-refractivity contribution in [3.8, 4) is 0 Å². The Kier molecular flexibility index (Phi) is 3.35. The van der Waals surface area contributed by atoms with Crippen molar-refractivity contribution in [3.05, 3.63) is 11.6 Å². The van der Waals surface area contributed by atoms with Crippen LogP contribution in [-0.2, 0) is 4.74 Å². The van der Waals surface area contributed by atoms with E-state index in [2.05, 4.69) is 23.4 Å². The molecule has 9 heavy (non-hydrogen) atoms. The molecular weight excluding hydrogens is 116 g/mol. The average molecular weight is 126 g/mol. The van der Waals surface area contributed by atoms with Crippen LogP contribution in [-0.4, -0.2) is 20.5 Å². The molecule has 0 rings (SSSR count). The van der Waals surface area contributed by atoms with Crippen LogP contribution in [0.4, 0.5) is 0 Å². The Balaban J connectivity index is 4.36. The summed E-state index contributed by atoms with van der Waals surface area (Å²) < 4.78 is 4.77. The quantitative estimate of drug-likeness (QED) is 0.413. The fourth-order valence-corrected chi connectivity index (χ4v) is 0.394. The van der Waals surface area contributed by atoms with Gasteiger partial charge in [0.1, 0.15) is 0 Å². The molecule has 0 saturated heterocycles. The first kappa shape index (κ1) is 7.88. The number of aliphatic imine (C=N–C) groups is 2. The van der Waals surface area contributed by atoms with Gasteiger partial charge >= 0.3 is 0 Å². The zero-order valence-corrected chi connectivity index (χ0v) is 5.72. The van der Waals surface area contributed by atoms with Crippen LogP contribution in [0.25, 0.3) is 0 Å². The normalized spacial score (nSPS) is 11.8. The van der Waals surface area contributed by atoms with Crippen LogP contribution >= 0.6 is 0 Å². The molecule has 0 saturated carbocycles. The Morgan fingerprint density at radius 2 is 1.89 bits per heavy atom. The van der Waals surface area contributed by atoms with Gasteiger partial charge in [-0.3, -0.25) is 4.99 Å². The molecule has 0 aromatic rings. The van der Waals surface area contributed by atoms with Crippen LogP contribution in [0.2, 0.25) is 0 Å². The minimum atomic E-state index is 0.421. The fourth-order valence-electron chi connectivity index (χ4n) is 0.394. The van der Waals surface area contributed by atoms with E-state index < -0.39 is 0 Å². The summed E-state index contributed by atoms with van der Waals surface area (Å²) in [5.74, 6) is 0.421. The van der Waals surface area contributed by atoms with Gasteiger partial charge in [0.2, 0.25) is 5.88 Å². The predicted octanol–water partition coefficient (Wildman–Crippen LogP) is 1.22. The third-order valence-electron chi connectivity index (χ3n) is 0.884. The molecule has 3 nitrogen and oxygen atoms in total. The first-order chi connectivity index (χ1) is 4.26. The van der Waals surface area contributed by atoms with Gasteiger partial charge in [-0.1, -0.05) is 0 Å². The number of allylic oxidation sites excluding steroid dienone is 1. The first-order valence-electron chi connectivity index (χ1n) is 2.44. The zero-order chi connectivity index (χ0) is 7.28. The lowest BCUT2D eigenvalue weighted by Gasteiger charge is -1.98. The monoisotopic (exact) mass is 126 g/mol. The van der Waals surface area contributed by atoms with Crippen LogP contribution in [0.5, 0.6) is 0 Å². The van der Waals surface area contributed by atoms with Crippen LogP contribution in [0.3, 0.4) is 0 Å². The highest BCUT2D eigenvalue weighted by atomic mass is 16.5. The number of methoxy groups -OCH3 is 1. The van der Waals surface area contributed by atoms with E-state index in [9.17, 15) is 0 Å². The third-order valence-corrected chi connectivity index (χ3v) is 0.884. The number of hydrogen-bond donors (Lipinski definition) is 0. The van der Waals surface area contributed by atoms with Crippen molar-refractivity contribution in [1.82, 2.24) is 0 Å². The van der Waals surface area contributed by atoms with Crippen molar-refractivity contribution >= 4 is 13.4 Å². The van der Waals surface area contributed by atoms with Crippen molar-refractivity contribution in [2.45, 2.75) is 6.92 Å². The highest BCUT2D eigenvalue weighted by Crippen LogP contribution is 2.04. The zero-order valence-electron chi connectivity index (χ0n) is 5.72. The Bertz CT molecular complexity index is 149. The van der Waals surface area contributed by atoms with Gasteiger partial charge in [-0.25, -0.2) is 4.99 Å². The number of hydrogen-bond acceptors (Lipinski definition) is 3. The summed E-state index contributed by atoms with van der Waals surface area (Å²) in [6.07, 6.45) is 0. The van der Waals surface area contributed by atoms with Crippen molar-refractivity contribution in [3.63, 3.8) is 0 Å². The SMILES string of the molecule is C=N/C(C)=C(\N=C)OC. The molecule has 3 heteroatoms. The standard InChI is InChI=1S/C6H10N2O/c1-5(7-2)6(8-3)9-4/h2-3H2,1,4H3/b6-5+. The molecule has 0 radical (unpaired) electrons. The molecule has 0 heterocycles. The molecule has 0 bridgehead atoms. The second kappa shape index (κ2) is 3.83. The predicted molar refractivity (Wildman–Crippen MR) is 38.8 cm³/mol. The average Bonchev–Trinajstić information content (AvgIpc) is 1.90. The van der Waals surface area contributed by atoms with Gasteiger partial charge in [0.15, 0.2) is 0 Å². The summed E-state index contributed by atoms with van der Waals surface area (Å²) in [6, 6.07) is 0. The molecule has 0 fully saturated rings. The lowest BCUT2D eigenvalue weighted by atomic mass is 10.5. The number of rotatable bonds is 3. The van der Waals surface area contributed by atoms with Gasteiger partial charge in [-0.05, 0) is 20.4 Å². The minimum absolute atomic E-state index is 0.421. The molecule has 0 aliphatic carbocycles. The topological polar surface area (TPSA) is 34.0 Å². The fraction of sp³-hybridized carbons (Fsp3) is 0.333. The molecule has 50 valence electrons. The molecule has 0 amide bonds. The maximum absolute atomic E-state index is 4.77. The van der Waals surface area contributed by atoms with Crippen molar-refractivity contribution < 1.29 is 4.74 Å². The van der Waals surface area contributed by atoms with Gasteiger partial charge in [-0.2, -0.15) is 0 Å². The van der Waals surface area contributed by atoms with Crippen molar-refractivity contribution in [2.75, 3.05) is 7.11 Å². The van der Waals surface area contributed by atoms with E-state index in [-0.39, 0.29) is 0 Å². The Hall–Kier alpha value is -1.12. The number of nitrogens with zero attached hydrogens (tertiary/aromatic N) is 2. The smallest absolute Gasteiger partial charge is 0.234 e. The highest BCUT2D eigenvalue weighted by molar-refractivity contribution is 5.32. The Labute approximate surface area is 54.8 Å². The van der Waals surface area contributed by atoms with E-state index in [0.717, 1.165) is 0 Å². The molecule has 0 aromatic heterocycles. The van der Waals surface area contributed by atoms with Gasteiger partial charge in [0.25, 0.3) is 0 Å². The van der Waals surface area contributed by atoms with Crippen LogP contribution in [0.1, 0.15) is 6.92 Å². The van der Waals surface area contributed by atoms with Gasteiger partial charge in [0, 0.05) is 0 Å². The van der Waals surface area contributed by atoms with E-state index in [0.29, 0.717) is 11.6 Å². The van der Waals surface area contributed by atoms with E-state index in [1.54, 1.807) is 6.92 Å². The molecule has 0 unspecified atom stereocenters. The molecule has 0 spiro atoms. The van der Waals surface area contributed by atoms with Crippen LogP contribution in [0, 0.1) is 0 Å². The summed E-state index contributed by atoms with van der Waals surface area (Å²) in [5, 5.41) is 0. The molecular formula is C6H10N2O. The van der Waals surface area contributed by atoms with Gasteiger partial charge in [-0.15, -0.1) is 0 Å². The Morgan fingerprint density at radius 3 is 2.00 bits per heavy atom. The third kappa shape index (κ3) is 2.08. The second-order valence-corrected chi connectivity index (χ2v) is 1.41. The first-order valence-corrected chi connectivity index (χ1v) is 2.44. The summed E-state index contributed by atoms with van der Waals surface area (Å²) in [6.45, 7) is 8.33. The van der Waals surface area contributed by atoms with E-state index in [4.69, 9.17) is 4.74 Å². The summed E-state index contributed by atoms with van der Waals surface area (Å²) in [7, 11) is 1.51. The summed E-state index contributed by atoms with van der Waals surface area (Å²) in [4.78, 5) is 7.15. The Morgan fingerprint density at radius 1 is 1.33 bits per heavy atom. The van der Waals surface area contributed by atoms with Gasteiger partial charge < -0.3 is 4.74 Å². The van der Waals surface area contributed by atoms with E-state index in [1.807, 2.05) is 0 Å². The second-order valence-electron chi connectivity index (χ2n) is 1.41.